The maximum atomic E-state index is 13.5. The lowest BCUT2D eigenvalue weighted by atomic mass is 9.73. The fourth-order valence-electron chi connectivity index (χ4n) is 8.33. The number of nitrogens with one attached hydrogen (secondary N) is 1. The van der Waals surface area contributed by atoms with Gasteiger partial charge in [0, 0.05) is 65.2 Å². The fraction of sp³-hybridized carbons (Fsp3) is 0.639. The van der Waals surface area contributed by atoms with Crippen LogP contribution in [0.3, 0.4) is 0 Å². The summed E-state index contributed by atoms with van der Waals surface area (Å²) in [5, 5.41) is 4.47. The second-order valence-corrected chi connectivity index (χ2v) is 17.1. The molecule has 1 aromatic rings. The number of carbonyl (C=O) groups is 3. The van der Waals surface area contributed by atoms with Crippen molar-refractivity contribution in [1.29, 1.82) is 0 Å². The van der Waals surface area contributed by atoms with Crippen LogP contribution in [0.2, 0.25) is 5.02 Å². The smallest absolute Gasteiger partial charge is 0.410 e. The zero-order valence-electron chi connectivity index (χ0n) is 27.7. The first-order chi connectivity index (χ1) is 22.4. The van der Waals surface area contributed by atoms with Gasteiger partial charge in [0.2, 0.25) is 11.8 Å². The number of allylic oxidation sites excluding steroid dienone is 2. The van der Waals surface area contributed by atoms with Gasteiger partial charge in [-0.05, 0) is 135 Å². The molecule has 1 N–H and O–H groups in total. The predicted octanol–water partition coefficient (Wildman–Crippen LogP) is 7.53. The van der Waals surface area contributed by atoms with Crippen molar-refractivity contribution in [3.05, 3.63) is 55.1 Å². The van der Waals surface area contributed by atoms with Gasteiger partial charge in [-0.25, -0.2) is 4.79 Å². The quantitative estimate of drug-likeness (QED) is 0.341. The molecular weight excluding hydrogens is 748 g/mol. The van der Waals surface area contributed by atoms with Crippen LogP contribution in [0.4, 0.5) is 4.79 Å². The molecule has 11 heteroatoms. The number of rotatable bonds is 4. The number of fused-ring (bicyclic) bond motifs is 2. The van der Waals surface area contributed by atoms with Crippen LogP contribution in [0, 0.1) is 11.8 Å². The third-order valence-electron chi connectivity index (χ3n) is 10.6. The molecule has 3 amide bonds. The van der Waals surface area contributed by atoms with Gasteiger partial charge in [0.1, 0.15) is 11.6 Å². The maximum Gasteiger partial charge on any atom is 0.410 e. The van der Waals surface area contributed by atoms with E-state index in [4.69, 9.17) is 16.3 Å². The Morgan fingerprint density at radius 1 is 0.957 bits per heavy atom. The molecule has 1 unspecified atom stereocenters. The van der Waals surface area contributed by atoms with Gasteiger partial charge >= 0.3 is 6.09 Å². The molecule has 4 heterocycles. The molecule has 1 aliphatic carbocycles. The van der Waals surface area contributed by atoms with Crippen LogP contribution >= 0.6 is 43.5 Å². The SMILES string of the molecule is CC(C)(C)OC(=O)N1CCC[C@H]1C(=O)N1CCC(CC(=O)N2CCC([C@@H]3c4c(Br)cc(Cl)cc4CCC4=CC(Br)=CNC43)CC2)CC1. The summed E-state index contributed by atoms with van der Waals surface area (Å²) in [6, 6.07) is 3.93. The van der Waals surface area contributed by atoms with Crippen LogP contribution in [-0.2, 0) is 20.7 Å². The average Bonchev–Trinajstić information content (AvgIpc) is 3.46. The van der Waals surface area contributed by atoms with E-state index in [1.165, 1.54) is 16.7 Å². The lowest BCUT2D eigenvalue weighted by molar-refractivity contribution is -0.138. The number of piperidine rings is 2. The van der Waals surface area contributed by atoms with Gasteiger partial charge in [-0.3, -0.25) is 14.5 Å². The number of carbonyl (C=O) groups excluding carboxylic acids is 3. The number of amides is 3. The Labute approximate surface area is 300 Å². The molecule has 0 saturated carbocycles. The summed E-state index contributed by atoms with van der Waals surface area (Å²) in [7, 11) is 0. The van der Waals surface area contributed by atoms with E-state index in [1.54, 1.807) is 4.90 Å². The third-order valence-corrected chi connectivity index (χ3v) is 12.0. The molecule has 3 atom stereocenters. The van der Waals surface area contributed by atoms with Gasteiger partial charge in [-0.1, -0.05) is 27.5 Å². The summed E-state index contributed by atoms with van der Waals surface area (Å²) in [4.78, 5) is 45.3. The van der Waals surface area contributed by atoms with Gasteiger partial charge in [-0.2, -0.15) is 0 Å². The topological polar surface area (TPSA) is 82.2 Å². The molecule has 0 spiro atoms. The van der Waals surface area contributed by atoms with Crippen molar-refractivity contribution in [2.75, 3.05) is 32.7 Å². The van der Waals surface area contributed by atoms with Gasteiger partial charge in [-0.15, -0.1) is 0 Å². The first-order valence-electron chi connectivity index (χ1n) is 17.2. The van der Waals surface area contributed by atoms with Crippen molar-refractivity contribution in [3.63, 3.8) is 0 Å². The number of hydrogen-bond acceptors (Lipinski definition) is 5. The van der Waals surface area contributed by atoms with E-state index in [-0.39, 0.29) is 29.7 Å². The Bertz CT molecular complexity index is 1440. The van der Waals surface area contributed by atoms with Crippen molar-refractivity contribution in [1.82, 2.24) is 20.0 Å². The average molecular weight is 795 g/mol. The molecule has 6 rings (SSSR count). The Morgan fingerprint density at radius 3 is 2.36 bits per heavy atom. The van der Waals surface area contributed by atoms with Crippen LogP contribution < -0.4 is 5.32 Å². The highest BCUT2D eigenvalue weighted by atomic mass is 79.9. The zero-order valence-corrected chi connectivity index (χ0v) is 31.6. The van der Waals surface area contributed by atoms with E-state index in [9.17, 15) is 14.4 Å². The first kappa shape index (κ1) is 34.8. The van der Waals surface area contributed by atoms with Crippen LogP contribution in [-0.4, -0.2) is 83.0 Å². The number of nitrogens with zero attached hydrogens (tertiary/aromatic N) is 3. The molecule has 8 nitrogen and oxygen atoms in total. The summed E-state index contributed by atoms with van der Waals surface area (Å²) in [6.07, 6.45) is 11.4. The van der Waals surface area contributed by atoms with Crippen LogP contribution in [0.1, 0.15) is 89.2 Å². The Balaban J connectivity index is 1.03. The molecule has 47 heavy (non-hydrogen) atoms. The highest BCUT2D eigenvalue weighted by Crippen LogP contribution is 2.47. The predicted molar refractivity (Wildman–Crippen MR) is 191 cm³/mol. The van der Waals surface area contributed by atoms with E-state index in [0.29, 0.717) is 38.4 Å². The van der Waals surface area contributed by atoms with Crippen molar-refractivity contribution in [2.24, 2.45) is 11.8 Å². The molecule has 4 aliphatic heterocycles. The van der Waals surface area contributed by atoms with E-state index < -0.39 is 17.7 Å². The number of benzene rings is 1. The molecule has 3 saturated heterocycles. The Kier molecular flexibility index (Phi) is 10.7. The lowest BCUT2D eigenvalue weighted by Crippen LogP contribution is -2.51. The molecule has 5 aliphatic rings. The van der Waals surface area contributed by atoms with Crippen LogP contribution in [0.15, 0.2) is 38.9 Å². The van der Waals surface area contributed by atoms with Gasteiger partial charge in [0.05, 0.1) is 6.04 Å². The lowest BCUT2D eigenvalue weighted by Gasteiger charge is -2.41. The second kappa shape index (κ2) is 14.4. The highest BCUT2D eigenvalue weighted by Gasteiger charge is 2.42. The van der Waals surface area contributed by atoms with Crippen LogP contribution in [0.5, 0.6) is 0 Å². The van der Waals surface area contributed by atoms with Gasteiger partial charge in [0.25, 0.3) is 0 Å². The summed E-state index contributed by atoms with van der Waals surface area (Å²) in [5.74, 6) is 1.24. The number of hydrogen-bond donors (Lipinski definition) is 1. The molecule has 0 aromatic heterocycles. The van der Waals surface area contributed by atoms with Gasteiger partial charge in [0.15, 0.2) is 0 Å². The van der Waals surface area contributed by atoms with Crippen molar-refractivity contribution < 1.29 is 19.1 Å². The summed E-state index contributed by atoms with van der Waals surface area (Å²) >= 11 is 14.1. The summed E-state index contributed by atoms with van der Waals surface area (Å²) in [5.41, 5.74) is 3.50. The van der Waals surface area contributed by atoms with Crippen molar-refractivity contribution in [3.8, 4) is 0 Å². The van der Waals surface area contributed by atoms with Crippen molar-refractivity contribution >= 4 is 61.4 Å². The van der Waals surface area contributed by atoms with E-state index in [1.807, 2.05) is 31.7 Å². The van der Waals surface area contributed by atoms with E-state index in [0.717, 1.165) is 72.0 Å². The monoisotopic (exact) mass is 792 g/mol. The number of likely N-dealkylation sites (tertiary alicyclic amines) is 3. The maximum absolute atomic E-state index is 13.5. The first-order valence-corrected chi connectivity index (χ1v) is 19.2. The highest BCUT2D eigenvalue weighted by molar-refractivity contribution is 9.12. The summed E-state index contributed by atoms with van der Waals surface area (Å²) in [6.45, 7) is 8.88. The number of halogens is 3. The van der Waals surface area contributed by atoms with Gasteiger partial charge < -0.3 is 19.9 Å². The minimum Gasteiger partial charge on any atom is -0.444 e. The number of aryl methyl sites for hydroxylation is 1. The molecular formula is C36H47Br2ClN4O4. The second-order valence-electron chi connectivity index (χ2n) is 14.9. The van der Waals surface area contributed by atoms with Crippen LogP contribution in [0.25, 0.3) is 0 Å². The fourth-order valence-corrected chi connectivity index (χ4v) is 9.90. The van der Waals surface area contributed by atoms with Crippen molar-refractivity contribution in [2.45, 2.75) is 102 Å². The normalized spacial score (nSPS) is 25.7. The van der Waals surface area contributed by atoms with E-state index in [2.05, 4.69) is 60.4 Å². The summed E-state index contributed by atoms with van der Waals surface area (Å²) < 4.78 is 7.72. The minimum absolute atomic E-state index is 0.0162. The molecule has 1 aromatic carbocycles. The number of ether oxygens (including phenoxy) is 1. The minimum atomic E-state index is -0.594. The zero-order chi connectivity index (χ0) is 33.5. The molecule has 0 bridgehead atoms. The Morgan fingerprint density at radius 2 is 1.66 bits per heavy atom. The Hall–Kier alpha value is -2.04. The standard InChI is InChI=1S/C36H47Br2ClN4O4/c1-36(2,3)47-35(46)43-12-4-5-29(43)34(45)42-13-8-22(9-14-42)17-30(44)41-15-10-23(11-16-41)32-31-24(19-27(39)20-28(31)38)6-7-25-18-26(37)21-40-33(25)32/h18-23,29,32-33,40H,4-17H2,1-3H3/t29-,32+,33?/m0/s1. The molecule has 0 radical (unpaired) electrons. The largest absolute Gasteiger partial charge is 0.444 e. The molecule has 256 valence electrons. The van der Waals surface area contributed by atoms with E-state index >= 15 is 0 Å². The number of dihydropyridines is 1. The molecule has 3 fully saturated rings. The third kappa shape index (κ3) is 7.90.